The lowest BCUT2D eigenvalue weighted by molar-refractivity contribution is -0.135. The molecule has 0 radical (unpaired) electrons. The van der Waals surface area contributed by atoms with Gasteiger partial charge in [-0.25, -0.2) is 9.59 Å². The van der Waals surface area contributed by atoms with E-state index in [1.54, 1.807) is 6.08 Å². The molecule has 4 nitrogen and oxygen atoms in total. The molecule has 0 saturated carbocycles. The van der Waals surface area contributed by atoms with Gasteiger partial charge in [0.2, 0.25) is 0 Å². The van der Waals surface area contributed by atoms with E-state index in [9.17, 15) is 9.59 Å². The molecule has 2 aromatic rings. The van der Waals surface area contributed by atoms with Crippen LogP contribution in [0.4, 0.5) is 0 Å². The number of carbonyl (C=O) groups is 2. The molecule has 4 heteroatoms. The van der Waals surface area contributed by atoms with Gasteiger partial charge in [0.25, 0.3) is 0 Å². The van der Waals surface area contributed by atoms with Crippen molar-refractivity contribution >= 4 is 11.9 Å². The number of allylic oxidation sites excluding steroid dienone is 2. The van der Waals surface area contributed by atoms with E-state index in [4.69, 9.17) is 0 Å². The fraction of sp³-hybridized carbons (Fsp3) is 0.167. The Morgan fingerprint density at radius 2 is 1.25 bits per heavy atom. The first-order valence-corrected chi connectivity index (χ1v) is 8.71. The predicted molar refractivity (Wildman–Crippen MR) is 114 cm³/mol. The topological polar surface area (TPSA) is 52.6 Å². The lowest BCUT2D eigenvalue weighted by Gasteiger charge is -1.93. The Labute approximate surface area is 167 Å². The van der Waals surface area contributed by atoms with Gasteiger partial charge in [0.05, 0.1) is 14.2 Å². The molecule has 0 aromatic heterocycles. The number of benzene rings is 2. The van der Waals surface area contributed by atoms with Crippen molar-refractivity contribution in [2.75, 3.05) is 14.2 Å². The lowest BCUT2D eigenvalue weighted by atomic mass is 10.1. The average Bonchev–Trinajstić information content (AvgIpc) is 2.75. The Hall–Kier alpha value is -3.40. The summed E-state index contributed by atoms with van der Waals surface area (Å²) in [6, 6.07) is 20.2. The van der Waals surface area contributed by atoms with Crippen LogP contribution in [0, 0.1) is 0 Å². The highest BCUT2D eigenvalue weighted by molar-refractivity contribution is 5.81. The van der Waals surface area contributed by atoms with Gasteiger partial charge in [-0.1, -0.05) is 79.4 Å². The summed E-state index contributed by atoms with van der Waals surface area (Å²) < 4.78 is 8.60. The smallest absolute Gasteiger partial charge is 0.330 e. The summed E-state index contributed by atoms with van der Waals surface area (Å²) in [5.41, 5.74) is 2.51. The van der Waals surface area contributed by atoms with E-state index in [0.717, 1.165) is 18.9 Å². The summed E-state index contributed by atoms with van der Waals surface area (Å²) in [5.74, 6) is -0.703. The third kappa shape index (κ3) is 13.8. The fourth-order valence-corrected chi connectivity index (χ4v) is 1.84. The monoisotopic (exact) mass is 380 g/mol. The summed E-state index contributed by atoms with van der Waals surface area (Å²) in [4.78, 5) is 20.5. The van der Waals surface area contributed by atoms with Gasteiger partial charge in [-0.05, 0) is 24.0 Å². The summed E-state index contributed by atoms with van der Waals surface area (Å²) in [5, 5.41) is 0. The standard InChI is InChI=1S/C11H12O2.C9H10.C4H6O2/c1-13-11(12)9-5-8-10-6-3-2-4-7-10;1-2-6-9-7-4-3-5-8-9;1-3-4(5)6-2/h2-7,9H,8H2,1H3;2-5,7-8H,1,6H2;3H,1H2,2H3/b9-5+;;. The van der Waals surface area contributed by atoms with Gasteiger partial charge in [0, 0.05) is 12.2 Å². The summed E-state index contributed by atoms with van der Waals surface area (Å²) in [6.07, 6.45) is 7.99. The molecule has 0 bridgehead atoms. The van der Waals surface area contributed by atoms with Crippen molar-refractivity contribution < 1.29 is 19.1 Å². The zero-order chi connectivity index (χ0) is 21.0. The molecule has 0 atom stereocenters. The van der Waals surface area contributed by atoms with Crippen LogP contribution in [0.5, 0.6) is 0 Å². The van der Waals surface area contributed by atoms with Gasteiger partial charge in [-0.15, -0.1) is 6.58 Å². The molecule has 0 spiro atoms. The lowest BCUT2D eigenvalue weighted by Crippen LogP contribution is -1.93. The quantitative estimate of drug-likeness (QED) is 0.413. The van der Waals surface area contributed by atoms with Crippen LogP contribution < -0.4 is 0 Å². The summed E-state index contributed by atoms with van der Waals surface area (Å²) in [7, 11) is 2.68. The molecule has 0 heterocycles. The summed E-state index contributed by atoms with van der Waals surface area (Å²) >= 11 is 0. The molecule has 0 fully saturated rings. The molecule has 0 unspecified atom stereocenters. The minimum atomic E-state index is -0.394. The molecule has 0 N–H and O–H groups in total. The number of hydrogen-bond donors (Lipinski definition) is 0. The molecule has 28 heavy (non-hydrogen) atoms. The summed E-state index contributed by atoms with van der Waals surface area (Å²) in [6.45, 7) is 6.81. The average molecular weight is 380 g/mol. The molecule has 0 aliphatic rings. The van der Waals surface area contributed by atoms with Crippen molar-refractivity contribution in [1.29, 1.82) is 0 Å². The normalized spacial score (nSPS) is 9.07. The zero-order valence-corrected chi connectivity index (χ0v) is 16.5. The van der Waals surface area contributed by atoms with Crippen molar-refractivity contribution in [1.82, 2.24) is 0 Å². The molecule has 0 amide bonds. The molecule has 0 aliphatic carbocycles. The van der Waals surface area contributed by atoms with Crippen LogP contribution in [0.1, 0.15) is 11.1 Å². The van der Waals surface area contributed by atoms with E-state index >= 15 is 0 Å². The number of rotatable bonds is 6. The van der Waals surface area contributed by atoms with Crippen LogP contribution in [-0.4, -0.2) is 26.2 Å². The van der Waals surface area contributed by atoms with Crippen LogP contribution in [0.2, 0.25) is 0 Å². The molecular formula is C24H28O4. The van der Waals surface area contributed by atoms with Crippen LogP contribution >= 0.6 is 0 Å². The first kappa shape index (κ1) is 24.6. The Morgan fingerprint density at radius 1 is 0.786 bits per heavy atom. The Balaban J connectivity index is 0.000000423. The number of ether oxygens (including phenoxy) is 2. The van der Waals surface area contributed by atoms with Gasteiger partial charge in [0.1, 0.15) is 0 Å². The second kappa shape index (κ2) is 17.0. The molecular weight excluding hydrogens is 352 g/mol. The molecule has 148 valence electrons. The third-order valence-corrected chi connectivity index (χ3v) is 3.24. The molecule has 2 rings (SSSR count). The second-order valence-electron chi connectivity index (χ2n) is 5.32. The van der Waals surface area contributed by atoms with E-state index in [-0.39, 0.29) is 5.97 Å². The SMILES string of the molecule is C=CC(=O)OC.C=CCc1ccccc1.COC(=O)/C=C/Cc1ccccc1. The van der Waals surface area contributed by atoms with Crippen molar-refractivity contribution in [2.24, 2.45) is 0 Å². The van der Waals surface area contributed by atoms with Crippen LogP contribution in [0.15, 0.2) is 98.1 Å². The van der Waals surface area contributed by atoms with E-state index < -0.39 is 5.97 Å². The maximum absolute atomic E-state index is 10.7. The highest BCUT2D eigenvalue weighted by Gasteiger charge is 1.90. The van der Waals surface area contributed by atoms with Crippen LogP contribution in [-0.2, 0) is 31.9 Å². The number of hydrogen-bond acceptors (Lipinski definition) is 4. The van der Waals surface area contributed by atoms with E-state index in [1.165, 1.54) is 31.4 Å². The maximum Gasteiger partial charge on any atom is 0.330 e. The first-order chi connectivity index (χ1) is 13.6. The first-order valence-electron chi connectivity index (χ1n) is 8.71. The minimum absolute atomic E-state index is 0.309. The maximum atomic E-state index is 10.7. The Morgan fingerprint density at radius 3 is 1.61 bits per heavy atom. The van der Waals surface area contributed by atoms with Crippen LogP contribution in [0.25, 0.3) is 0 Å². The highest BCUT2D eigenvalue weighted by Crippen LogP contribution is 2.00. The van der Waals surface area contributed by atoms with Gasteiger partial charge in [0.15, 0.2) is 0 Å². The Bertz CT molecular complexity index is 719. The number of methoxy groups -OCH3 is 2. The largest absolute Gasteiger partial charge is 0.466 e. The fourth-order valence-electron chi connectivity index (χ4n) is 1.84. The highest BCUT2D eigenvalue weighted by atomic mass is 16.5. The van der Waals surface area contributed by atoms with Crippen LogP contribution in [0.3, 0.4) is 0 Å². The van der Waals surface area contributed by atoms with E-state index in [0.29, 0.717) is 0 Å². The zero-order valence-electron chi connectivity index (χ0n) is 16.5. The van der Waals surface area contributed by atoms with E-state index in [2.05, 4.69) is 34.8 Å². The van der Waals surface area contributed by atoms with Gasteiger partial charge in [-0.3, -0.25) is 0 Å². The van der Waals surface area contributed by atoms with E-state index in [1.807, 2.05) is 54.6 Å². The van der Waals surface area contributed by atoms with Crippen molar-refractivity contribution in [3.63, 3.8) is 0 Å². The second-order valence-corrected chi connectivity index (χ2v) is 5.32. The Kier molecular flexibility index (Phi) is 15.0. The van der Waals surface area contributed by atoms with Crippen molar-refractivity contribution in [3.8, 4) is 0 Å². The van der Waals surface area contributed by atoms with Crippen molar-refractivity contribution in [3.05, 3.63) is 109 Å². The van der Waals surface area contributed by atoms with Crippen molar-refractivity contribution in [2.45, 2.75) is 12.8 Å². The van der Waals surface area contributed by atoms with Gasteiger partial charge in [-0.2, -0.15) is 0 Å². The molecule has 0 saturated heterocycles. The minimum Gasteiger partial charge on any atom is -0.466 e. The molecule has 0 aliphatic heterocycles. The number of esters is 2. The third-order valence-electron chi connectivity index (χ3n) is 3.24. The predicted octanol–water partition coefficient (Wildman–Crippen LogP) is 4.72. The number of carbonyl (C=O) groups excluding carboxylic acids is 2. The van der Waals surface area contributed by atoms with Gasteiger partial charge < -0.3 is 9.47 Å². The molecule has 2 aromatic carbocycles. The van der Waals surface area contributed by atoms with Gasteiger partial charge >= 0.3 is 11.9 Å².